The van der Waals surface area contributed by atoms with Crippen LogP contribution in [0.4, 0.5) is 5.82 Å². The van der Waals surface area contributed by atoms with Gasteiger partial charge in [-0.1, -0.05) is 109 Å². The highest BCUT2D eigenvalue weighted by molar-refractivity contribution is 6.33. The van der Waals surface area contributed by atoms with E-state index in [2.05, 4.69) is 101 Å². The molecule has 1 heterocycles. The van der Waals surface area contributed by atoms with Gasteiger partial charge in [-0.25, -0.2) is 4.68 Å². The summed E-state index contributed by atoms with van der Waals surface area (Å²) in [5.74, 6) is 0.908. The molecule has 1 aromatic heterocycles. The lowest BCUT2D eigenvalue weighted by Crippen LogP contribution is -2.38. The van der Waals surface area contributed by atoms with Gasteiger partial charge in [-0.3, -0.25) is 0 Å². The molecule has 0 radical (unpaired) electrons. The normalized spacial score (nSPS) is 11.5. The van der Waals surface area contributed by atoms with Crippen molar-refractivity contribution in [2.24, 2.45) is 0 Å². The van der Waals surface area contributed by atoms with Gasteiger partial charge in [-0.2, -0.15) is 5.10 Å². The molecule has 2 N–H and O–H groups in total. The number of nitrogens with zero attached hydrogens (tertiary/aromatic N) is 2. The molecule has 6 aromatic rings. The van der Waals surface area contributed by atoms with Gasteiger partial charge in [-0.05, 0) is 52.6 Å². The Bertz CT molecular complexity index is 1620. The van der Waals surface area contributed by atoms with Crippen molar-refractivity contribution in [2.45, 2.75) is 5.54 Å². The van der Waals surface area contributed by atoms with E-state index in [9.17, 15) is 5.11 Å². The van der Waals surface area contributed by atoms with E-state index in [1.165, 1.54) is 0 Å². The second-order valence-corrected chi connectivity index (χ2v) is 9.62. The summed E-state index contributed by atoms with van der Waals surface area (Å²) < 4.78 is 2.14. The number of hydrogen-bond donors (Lipinski definition) is 2. The second kappa shape index (κ2) is 9.73. The summed E-state index contributed by atoms with van der Waals surface area (Å²) in [5, 5.41) is 19.8. The highest BCUT2D eigenvalue weighted by Crippen LogP contribution is 2.44. The number of phenolic OH excluding ortho intramolecular Hbond substituents is 1. The molecule has 4 nitrogen and oxygen atoms in total. The molecule has 0 aliphatic rings. The van der Waals surface area contributed by atoms with Crippen LogP contribution in [0, 0.1) is 0 Å². The number of rotatable bonds is 6. The maximum atomic E-state index is 9.85. The van der Waals surface area contributed by atoms with E-state index in [1.807, 2.05) is 31.3 Å². The van der Waals surface area contributed by atoms with Crippen molar-refractivity contribution >= 4 is 28.3 Å². The Balaban J connectivity index is 1.70. The summed E-state index contributed by atoms with van der Waals surface area (Å²) >= 11 is 6.51. The number of benzene rings is 5. The van der Waals surface area contributed by atoms with Gasteiger partial charge in [0.15, 0.2) is 5.82 Å². The first-order valence-corrected chi connectivity index (χ1v) is 12.9. The Morgan fingerprint density at radius 2 is 1.26 bits per heavy atom. The maximum absolute atomic E-state index is 9.85. The topological polar surface area (TPSA) is 50.1 Å². The molecule has 0 saturated heterocycles. The van der Waals surface area contributed by atoms with Crippen molar-refractivity contribution in [1.82, 2.24) is 9.78 Å². The molecule has 5 aromatic carbocycles. The Morgan fingerprint density at radius 1 is 0.711 bits per heavy atom. The van der Waals surface area contributed by atoms with Gasteiger partial charge in [0.05, 0.1) is 10.5 Å². The number of aromatic nitrogens is 2. The van der Waals surface area contributed by atoms with Crippen molar-refractivity contribution in [3.63, 3.8) is 0 Å². The van der Waals surface area contributed by atoms with Gasteiger partial charge in [0, 0.05) is 18.0 Å². The second-order valence-electron chi connectivity index (χ2n) is 9.21. The van der Waals surface area contributed by atoms with Gasteiger partial charge >= 0.3 is 0 Å². The molecule has 0 spiro atoms. The van der Waals surface area contributed by atoms with Crippen molar-refractivity contribution in [2.75, 3.05) is 12.4 Å². The molecule has 0 unspecified atom stereocenters. The van der Waals surface area contributed by atoms with E-state index in [1.54, 1.807) is 12.1 Å². The first-order valence-electron chi connectivity index (χ1n) is 12.5. The molecule has 5 heteroatoms. The molecule has 38 heavy (non-hydrogen) atoms. The predicted molar refractivity (Wildman–Crippen MR) is 156 cm³/mol. The van der Waals surface area contributed by atoms with Crippen LogP contribution in [0.15, 0.2) is 127 Å². The first kappa shape index (κ1) is 23.8. The van der Waals surface area contributed by atoms with Crippen LogP contribution < -0.4 is 5.32 Å². The highest BCUT2D eigenvalue weighted by Gasteiger charge is 2.40. The van der Waals surface area contributed by atoms with E-state index < -0.39 is 5.54 Å². The molecule has 0 aliphatic carbocycles. The highest BCUT2D eigenvalue weighted by atomic mass is 35.5. The van der Waals surface area contributed by atoms with E-state index in [4.69, 9.17) is 16.7 Å². The molecule has 0 aliphatic heterocycles. The van der Waals surface area contributed by atoms with Crippen molar-refractivity contribution < 1.29 is 5.11 Å². The largest absolute Gasteiger partial charge is 0.508 e. The minimum atomic E-state index is -0.727. The lowest BCUT2D eigenvalue weighted by Gasteiger charge is -2.37. The summed E-state index contributed by atoms with van der Waals surface area (Å²) in [6.45, 7) is 0. The Labute approximate surface area is 226 Å². The minimum Gasteiger partial charge on any atom is -0.508 e. The lowest BCUT2D eigenvalue weighted by molar-refractivity contribution is 0.475. The van der Waals surface area contributed by atoms with Crippen molar-refractivity contribution in [1.29, 1.82) is 0 Å². The van der Waals surface area contributed by atoms with Crippen molar-refractivity contribution in [3.05, 3.63) is 149 Å². The monoisotopic (exact) mass is 515 g/mol. The van der Waals surface area contributed by atoms with Gasteiger partial charge in [-0.15, -0.1) is 0 Å². The molecule has 6 rings (SSSR count). The molecule has 0 fully saturated rings. The van der Waals surface area contributed by atoms with Crippen LogP contribution in [-0.2, 0) is 5.54 Å². The fourth-order valence-corrected chi connectivity index (χ4v) is 5.65. The number of nitrogens with one attached hydrogen (secondary N) is 1. The maximum Gasteiger partial charge on any atom is 0.155 e. The lowest BCUT2D eigenvalue weighted by atomic mass is 9.77. The molecular formula is C33H26ClN3O. The molecule has 186 valence electrons. The Hall–Kier alpha value is -4.54. The van der Waals surface area contributed by atoms with Crippen LogP contribution in [0.2, 0.25) is 5.02 Å². The third-order valence-electron chi connectivity index (χ3n) is 7.07. The molecule has 0 bridgehead atoms. The fourth-order valence-electron chi connectivity index (χ4n) is 5.37. The average Bonchev–Trinajstić information content (AvgIpc) is 3.33. The molecule has 0 amide bonds. The third kappa shape index (κ3) is 3.82. The van der Waals surface area contributed by atoms with Gasteiger partial charge in [0.25, 0.3) is 0 Å². The van der Waals surface area contributed by atoms with Crippen LogP contribution in [0.5, 0.6) is 5.75 Å². The zero-order chi connectivity index (χ0) is 26.1. The summed E-state index contributed by atoms with van der Waals surface area (Å²) in [6.07, 6.45) is 0. The van der Waals surface area contributed by atoms with E-state index >= 15 is 0 Å². The standard InChI is InChI=1S/C33H26ClN3O/c1-35-32-29-21-23(28-19-18-27(38)22-30(28)34)17-20-31(29)37(36-32)33(24-11-5-2-6-12-24,25-13-7-3-8-14-25)26-15-9-4-10-16-26/h2-22,38H,1H3,(H,35,36). The summed E-state index contributed by atoms with van der Waals surface area (Å²) in [6, 6.07) is 42.9. The predicted octanol–water partition coefficient (Wildman–Crippen LogP) is 7.94. The smallest absolute Gasteiger partial charge is 0.155 e. The third-order valence-corrected chi connectivity index (χ3v) is 7.39. The minimum absolute atomic E-state index is 0.141. The zero-order valence-corrected chi connectivity index (χ0v) is 21.6. The van der Waals surface area contributed by atoms with Gasteiger partial charge in [0.2, 0.25) is 0 Å². The number of hydrogen-bond acceptors (Lipinski definition) is 3. The summed E-state index contributed by atoms with van der Waals surface area (Å²) in [7, 11) is 1.89. The first-order chi connectivity index (χ1) is 18.6. The molecule has 0 atom stereocenters. The zero-order valence-electron chi connectivity index (χ0n) is 20.8. The van der Waals surface area contributed by atoms with Crippen LogP contribution >= 0.6 is 11.6 Å². The number of halogens is 1. The quantitative estimate of drug-likeness (QED) is 0.221. The number of anilines is 1. The van der Waals surface area contributed by atoms with E-state index in [-0.39, 0.29) is 5.75 Å². The van der Waals surface area contributed by atoms with E-state index in [0.717, 1.165) is 44.5 Å². The molecule has 0 saturated carbocycles. The number of fused-ring (bicyclic) bond motifs is 1. The van der Waals surface area contributed by atoms with Crippen LogP contribution in [0.1, 0.15) is 16.7 Å². The Morgan fingerprint density at radius 3 is 1.76 bits per heavy atom. The van der Waals surface area contributed by atoms with E-state index in [0.29, 0.717) is 5.02 Å². The SMILES string of the molecule is CNc1nn(C(c2ccccc2)(c2ccccc2)c2ccccc2)c2ccc(-c3ccc(O)cc3Cl)cc12. The van der Waals surface area contributed by atoms with Crippen molar-refractivity contribution in [3.8, 4) is 16.9 Å². The van der Waals surface area contributed by atoms with Crippen LogP contribution in [0.25, 0.3) is 22.0 Å². The number of aromatic hydroxyl groups is 1. The van der Waals surface area contributed by atoms with Gasteiger partial charge < -0.3 is 10.4 Å². The molecular weight excluding hydrogens is 490 g/mol. The van der Waals surface area contributed by atoms with Crippen LogP contribution in [-0.4, -0.2) is 21.9 Å². The van der Waals surface area contributed by atoms with Crippen LogP contribution in [0.3, 0.4) is 0 Å². The van der Waals surface area contributed by atoms with Gasteiger partial charge in [0.1, 0.15) is 11.3 Å². The summed E-state index contributed by atoms with van der Waals surface area (Å²) in [4.78, 5) is 0. The Kier molecular flexibility index (Phi) is 6.10. The fraction of sp³-hybridized carbons (Fsp3) is 0.0606. The number of phenols is 1. The summed E-state index contributed by atoms with van der Waals surface area (Å²) in [5.41, 5.74) is 5.37. The average molecular weight is 516 g/mol.